The Morgan fingerprint density at radius 1 is 1.07 bits per heavy atom. The van der Waals surface area contributed by atoms with Gasteiger partial charge in [0.15, 0.2) is 0 Å². The zero-order valence-electron chi connectivity index (χ0n) is 24.6. The van der Waals surface area contributed by atoms with Crippen LogP contribution in [0.5, 0.6) is 0 Å². The van der Waals surface area contributed by atoms with E-state index in [2.05, 4.69) is 36.1 Å². The third kappa shape index (κ3) is 5.83. The van der Waals surface area contributed by atoms with Gasteiger partial charge in [-0.3, -0.25) is 14.4 Å². The first-order chi connectivity index (χ1) is 19.5. The summed E-state index contributed by atoms with van der Waals surface area (Å²) in [6, 6.07) is 4.96. The molecule has 10 nitrogen and oxygen atoms in total. The molecule has 0 bridgehead atoms. The average molecular weight is 581 g/mol. The fourth-order valence-corrected chi connectivity index (χ4v) is 6.62. The van der Waals surface area contributed by atoms with E-state index in [4.69, 9.17) is 19.3 Å². The first-order valence-corrected chi connectivity index (χ1v) is 18.2. The number of anilines is 1. The smallest absolute Gasteiger partial charge is 0.307 e. The van der Waals surface area contributed by atoms with Gasteiger partial charge in [0, 0.05) is 37.5 Å². The van der Waals surface area contributed by atoms with E-state index >= 15 is 0 Å². The monoisotopic (exact) mass is 580 g/mol. The summed E-state index contributed by atoms with van der Waals surface area (Å²) in [5.41, 5.74) is 4.80. The minimum Gasteiger partial charge on any atom is -0.466 e. The highest BCUT2D eigenvalue weighted by Gasteiger charge is 2.51. The predicted octanol–water partition coefficient (Wildman–Crippen LogP) is 4.93. The largest absolute Gasteiger partial charge is 0.466 e. The van der Waals surface area contributed by atoms with Gasteiger partial charge in [-0.1, -0.05) is 19.6 Å². The van der Waals surface area contributed by atoms with Crippen LogP contribution < -0.4 is 5.32 Å². The maximum Gasteiger partial charge on any atom is 0.307 e. The Morgan fingerprint density at radius 2 is 1.78 bits per heavy atom. The van der Waals surface area contributed by atoms with E-state index in [0.29, 0.717) is 18.0 Å². The number of esters is 2. The Bertz CT molecular complexity index is 1460. The number of carbonyl (C=O) groups excluding carboxylic acids is 3. The van der Waals surface area contributed by atoms with Crippen molar-refractivity contribution in [2.75, 3.05) is 25.1 Å². The molecule has 1 amide bonds. The third-order valence-corrected chi connectivity index (χ3v) is 9.62. The van der Waals surface area contributed by atoms with Gasteiger partial charge >= 0.3 is 11.9 Å². The van der Waals surface area contributed by atoms with Gasteiger partial charge < -0.3 is 24.5 Å². The average Bonchev–Trinajstić information content (AvgIpc) is 3.49. The topological polar surface area (TPSA) is 125 Å². The van der Waals surface area contributed by atoms with Crippen molar-refractivity contribution in [2.45, 2.75) is 83.8 Å². The van der Waals surface area contributed by atoms with Gasteiger partial charge in [-0.2, -0.15) is 5.10 Å². The van der Waals surface area contributed by atoms with Crippen molar-refractivity contribution in [3.8, 4) is 11.4 Å². The number of ether oxygens (including phenoxy) is 3. The normalized spacial score (nSPS) is 15.6. The molecule has 1 aliphatic carbocycles. The lowest BCUT2D eigenvalue weighted by Gasteiger charge is -2.25. The van der Waals surface area contributed by atoms with E-state index in [1.54, 1.807) is 13.8 Å². The van der Waals surface area contributed by atoms with Gasteiger partial charge in [0.25, 0.3) is 0 Å². The van der Waals surface area contributed by atoms with Gasteiger partial charge in [-0.05, 0) is 68.0 Å². The number of aromatic nitrogens is 3. The Morgan fingerprint density at radius 3 is 2.44 bits per heavy atom. The summed E-state index contributed by atoms with van der Waals surface area (Å²) < 4.78 is 18.2. The highest BCUT2D eigenvalue weighted by molar-refractivity contribution is 6.76. The van der Waals surface area contributed by atoms with Crippen molar-refractivity contribution in [1.29, 1.82) is 0 Å². The van der Waals surface area contributed by atoms with Crippen LogP contribution in [0.4, 0.5) is 5.69 Å². The molecular formula is C30H40N4O6Si. The summed E-state index contributed by atoms with van der Waals surface area (Å²) in [6.07, 6.45) is 4.32. The summed E-state index contributed by atoms with van der Waals surface area (Å²) >= 11 is 0. The number of carbonyl (C=O) groups is 3. The van der Waals surface area contributed by atoms with Crippen molar-refractivity contribution in [2.24, 2.45) is 0 Å². The van der Waals surface area contributed by atoms with Crippen LogP contribution in [0.15, 0.2) is 18.3 Å². The molecule has 2 N–H and O–H groups in total. The molecule has 0 unspecified atom stereocenters. The van der Waals surface area contributed by atoms with Crippen molar-refractivity contribution in [1.82, 2.24) is 14.8 Å². The Kier molecular flexibility index (Phi) is 8.11. The lowest BCUT2D eigenvalue weighted by Crippen LogP contribution is -2.40. The van der Waals surface area contributed by atoms with Crippen molar-refractivity contribution in [3.05, 3.63) is 35.0 Å². The number of fused-ring (bicyclic) bond motifs is 6. The molecule has 0 atom stereocenters. The standard InChI is InChI=1S/C30H40N4O6Si/c1-6-39-25(35)15-30(16-26(36)40-7-2)22-14-23-21(13-24(22)32-29(30)37)20-10-8-9-19-17-34(33-27(19)28(20)31-23)18-38-11-12-41(3,4)5/h13-14,17,31H,6-12,15-16,18H2,1-5H3,(H,32,37). The minimum absolute atomic E-state index is 0.184. The number of nitrogens with one attached hydrogen (secondary N) is 2. The molecule has 0 fully saturated rings. The maximum absolute atomic E-state index is 13.4. The number of benzene rings is 1. The second-order valence-electron chi connectivity index (χ2n) is 12.2. The molecule has 0 saturated heterocycles. The molecule has 1 aliphatic heterocycles. The fourth-order valence-electron chi connectivity index (χ4n) is 5.87. The number of H-pyrrole nitrogens is 1. The van der Waals surface area contributed by atoms with E-state index in [-0.39, 0.29) is 26.1 Å². The van der Waals surface area contributed by atoms with E-state index in [9.17, 15) is 14.4 Å². The second-order valence-corrected chi connectivity index (χ2v) is 17.8. The summed E-state index contributed by atoms with van der Waals surface area (Å²) in [5.74, 6) is -1.48. The third-order valence-electron chi connectivity index (χ3n) is 7.91. The molecule has 5 rings (SSSR count). The van der Waals surface area contributed by atoms with Crippen molar-refractivity contribution < 1.29 is 28.6 Å². The van der Waals surface area contributed by atoms with Crippen molar-refractivity contribution in [3.63, 3.8) is 0 Å². The van der Waals surface area contributed by atoms with Gasteiger partial charge in [0.05, 0.1) is 37.2 Å². The van der Waals surface area contributed by atoms with E-state index in [1.165, 1.54) is 5.56 Å². The second kappa shape index (κ2) is 11.4. The lowest BCUT2D eigenvalue weighted by atomic mass is 9.75. The quantitative estimate of drug-likeness (QED) is 0.187. The van der Waals surface area contributed by atoms with Gasteiger partial charge in [-0.25, -0.2) is 4.68 Å². The van der Waals surface area contributed by atoms with Gasteiger partial charge in [-0.15, -0.1) is 0 Å². The SMILES string of the molecule is CCOC(=O)CC1(CC(=O)OCC)C(=O)Nc2cc3c4c([nH]c3cc21)-c1nn(COCC[Si](C)(C)C)cc1CCC4. The number of aromatic amines is 1. The summed E-state index contributed by atoms with van der Waals surface area (Å²) in [6.45, 7) is 11.9. The van der Waals surface area contributed by atoms with E-state index in [0.717, 1.165) is 59.8 Å². The van der Waals surface area contributed by atoms with Crippen LogP contribution in [0.3, 0.4) is 0 Å². The molecule has 3 aromatic rings. The number of nitrogens with zero attached hydrogens (tertiary/aromatic N) is 2. The van der Waals surface area contributed by atoms with Gasteiger partial charge in [0.2, 0.25) is 5.91 Å². The summed E-state index contributed by atoms with van der Waals surface area (Å²) in [7, 11) is -1.16. The molecule has 11 heteroatoms. The van der Waals surface area contributed by atoms with Gasteiger partial charge in [0.1, 0.15) is 12.4 Å². The number of amides is 1. The van der Waals surface area contributed by atoms with Crippen LogP contribution in [0, 0.1) is 0 Å². The highest BCUT2D eigenvalue weighted by atomic mass is 28.3. The zero-order chi connectivity index (χ0) is 29.4. The van der Waals surface area contributed by atoms with E-state index < -0.39 is 31.3 Å². The van der Waals surface area contributed by atoms with E-state index in [1.807, 2.05) is 16.8 Å². The number of hydrogen-bond acceptors (Lipinski definition) is 7. The molecular weight excluding hydrogens is 540 g/mol. The first-order valence-electron chi connectivity index (χ1n) is 14.5. The molecule has 2 aromatic heterocycles. The molecule has 1 aromatic carbocycles. The van der Waals surface area contributed by atoms with Crippen LogP contribution in [0.25, 0.3) is 22.3 Å². The molecule has 0 saturated carbocycles. The lowest BCUT2D eigenvalue weighted by molar-refractivity contribution is -0.150. The highest BCUT2D eigenvalue weighted by Crippen LogP contribution is 2.47. The molecule has 0 radical (unpaired) electrons. The van der Waals surface area contributed by atoms with Crippen LogP contribution in [-0.2, 0) is 53.6 Å². The Hall–Kier alpha value is -3.44. The number of hydrogen-bond donors (Lipinski definition) is 2. The van der Waals surface area contributed by atoms with Crippen LogP contribution in [-0.4, -0.2) is 60.5 Å². The van der Waals surface area contributed by atoms with Crippen LogP contribution in [0.2, 0.25) is 25.7 Å². The van der Waals surface area contributed by atoms with Crippen LogP contribution >= 0.6 is 0 Å². The summed E-state index contributed by atoms with van der Waals surface area (Å²) in [5, 5.41) is 8.84. The zero-order valence-corrected chi connectivity index (χ0v) is 25.6. The molecule has 41 heavy (non-hydrogen) atoms. The maximum atomic E-state index is 13.4. The Balaban J connectivity index is 1.51. The number of rotatable bonds is 11. The Labute approximate surface area is 241 Å². The van der Waals surface area contributed by atoms with Crippen LogP contribution in [0.1, 0.15) is 49.8 Å². The minimum atomic E-state index is -1.41. The fraction of sp³-hybridized carbons (Fsp3) is 0.533. The molecule has 2 aliphatic rings. The molecule has 3 heterocycles. The molecule has 0 spiro atoms. The first kappa shape index (κ1) is 29.1. The van der Waals surface area contributed by atoms with Crippen molar-refractivity contribution >= 4 is 42.5 Å². The molecule has 220 valence electrons. The number of aryl methyl sites for hydroxylation is 2. The summed E-state index contributed by atoms with van der Waals surface area (Å²) in [4.78, 5) is 42.3. The predicted molar refractivity (Wildman–Crippen MR) is 158 cm³/mol.